The van der Waals surface area contributed by atoms with Gasteiger partial charge in [0.15, 0.2) is 0 Å². The number of allylic oxidation sites excluding steroid dienone is 1. The molecule has 2 atom stereocenters. The number of anilines is 1. The standard InChI is InChI=1S/C20H24N4O2S/c1-19(2)8-17-9-20(3,13-19)14-24(17)27(25,26)18-6-4-16(5-7-18)23-12-15(10-21)11-22/h4-7,12,17,23H,8-9,13-14H2,1-3H3. The number of hydrogen-bond acceptors (Lipinski definition) is 5. The predicted octanol–water partition coefficient (Wildman–Crippen LogP) is 3.62. The maximum atomic E-state index is 13.2. The molecule has 1 heterocycles. The van der Waals surface area contributed by atoms with Gasteiger partial charge in [-0.2, -0.15) is 14.8 Å². The number of hydrogen-bond donors (Lipinski definition) is 1. The molecule has 27 heavy (non-hydrogen) atoms. The van der Waals surface area contributed by atoms with Crippen molar-refractivity contribution in [2.45, 2.75) is 51.0 Å². The highest BCUT2D eigenvalue weighted by Gasteiger charge is 2.53. The number of nitrogens with one attached hydrogen (secondary N) is 1. The molecule has 1 N–H and O–H groups in total. The summed E-state index contributed by atoms with van der Waals surface area (Å²) in [5, 5.41) is 20.3. The fourth-order valence-corrected chi connectivity index (χ4v) is 6.57. The SMILES string of the molecule is CC1(C)CC2CC(C)(CN2S(=O)(=O)c2ccc(NC=C(C#N)C#N)cc2)C1. The van der Waals surface area contributed by atoms with Crippen LogP contribution in [0.25, 0.3) is 0 Å². The van der Waals surface area contributed by atoms with Crippen LogP contribution in [0.4, 0.5) is 5.69 Å². The lowest BCUT2D eigenvalue weighted by molar-refractivity contribution is 0.133. The van der Waals surface area contributed by atoms with E-state index >= 15 is 0 Å². The Kier molecular flexibility index (Phi) is 4.80. The molecule has 1 aromatic carbocycles. The Hall–Kier alpha value is -2.35. The van der Waals surface area contributed by atoms with E-state index in [1.807, 2.05) is 0 Å². The average molecular weight is 385 g/mol. The van der Waals surface area contributed by atoms with Crippen LogP contribution >= 0.6 is 0 Å². The molecular weight excluding hydrogens is 360 g/mol. The quantitative estimate of drug-likeness (QED) is 0.800. The number of sulfonamides is 1. The van der Waals surface area contributed by atoms with E-state index in [9.17, 15) is 8.42 Å². The molecule has 1 saturated carbocycles. The van der Waals surface area contributed by atoms with E-state index in [4.69, 9.17) is 10.5 Å². The summed E-state index contributed by atoms with van der Waals surface area (Å²) in [6.45, 7) is 7.20. The van der Waals surface area contributed by atoms with E-state index in [-0.39, 0.29) is 27.3 Å². The summed E-state index contributed by atoms with van der Waals surface area (Å²) in [4.78, 5) is 0.270. The van der Waals surface area contributed by atoms with Crippen LogP contribution in [-0.4, -0.2) is 25.3 Å². The molecule has 2 unspecified atom stereocenters. The summed E-state index contributed by atoms with van der Waals surface area (Å²) in [5.74, 6) is 0. The van der Waals surface area contributed by atoms with Crippen molar-refractivity contribution in [3.8, 4) is 12.1 Å². The molecule has 0 aromatic heterocycles. The van der Waals surface area contributed by atoms with Gasteiger partial charge in [0.1, 0.15) is 17.7 Å². The van der Waals surface area contributed by atoms with Gasteiger partial charge >= 0.3 is 0 Å². The van der Waals surface area contributed by atoms with Crippen molar-refractivity contribution in [1.82, 2.24) is 4.31 Å². The summed E-state index contributed by atoms with van der Waals surface area (Å²) in [6, 6.07) is 10.00. The summed E-state index contributed by atoms with van der Waals surface area (Å²) >= 11 is 0. The Labute approximate surface area is 161 Å². The molecular formula is C20H24N4O2S. The molecule has 0 spiro atoms. The van der Waals surface area contributed by atoms with Gasteiger partial charge in [0.25, 0.3) is 0 Å². The van der Waals surface area contributed by atoms with Crippen molar-refractivity contribution in [1.29, 1.82) is 10.5 Å². The second-order valence-corrected chi connectivity index (χ2v) is 10.6. The maximum Gasteiger partial charge on any atom is 0.243 e. The monoisotopic (exact) mass is 384 g/mol. The van der Waals surface area contributed by atoms with Crippen molar-refractivity contribution in [3.05, 3.63) is 36.0 Å². The molecule has 1 saturated heterocycles. The van der Waals surface area contributed by atoms with Crippen molar-refractivity contribution >= 4 is 15.7 Å². The molecule has 7 heteroatoms. The smallest absolute Gasteiger partial charge is 0.243 e. The largest absolute Gasteiger partial charge is 0.360 e. The molecule has 6 nitrogen and oxygen atoms in total. The number of nitriles is 2. The van der Waals surface area contributed by atoms with Crippen LogP contribution in [-0.2, 0) is 10.0 Å². The lowest BCUT2D eigenvalue weighted by atomic mass is 9.65. The van der Waals surface area contributed by atoms with Gasteiger partial charge in [0, 0.05) is 24.5 Å². The molecule has 1 aliphatic heterocycles. The third-order valence-electron chi connectivity index (χ3n) is 5.45. The Balaban J connectivity index is 1.81. The van der Waals surface area contributed by atoms with Gasteiger partial charge in [0.05, 0.1) is 4.90 Å². The van der Waals surface area contributed by atoms with Gasteiger partial charge in [-0.1, -0.05) is 20.8 Å². The molecule has 0 amide bonds. The second-order valence-electron chi connectivity index (χ2n) is 8.71. The van der Waals surface area contributed by atoms with E-state index in [1.54, 1.807) is 40.7 Å². The van der Waals surface area contributed by atoms with Gasteiger partial charge in [-0.3, -0.25) is 0 Å². The molecule has 2 fully saturated rings. The molecule has 1 aromatic rings. The van der Waals surface area contributed by atoms with Crippen LogP contribution in [0.3, 0.4) is 0 Å². The zero-order valence-corrected chi connectivity index (χ0v) is 16.7. The summed E-state index contributed by atoms with van der Waals surface area (Å²) in [5.41, 5.74) is 0.759. The van der Waals surface area contributed by atoms with E-state index in [1.165, 1.54) is 6.20 Å². The predicted molar refractivity (Wildman–Crippen MR) is 103 cm³/mol. The average Bonchev–Trinajstić information content (AvgIpc) is 2.85. The zero-order valence-electron chi connectivity index (χ0n) is 15.9. The second kappa shape index (κ2) is 6.67. The number of fused-ring (bicyclic) bond motifs is 2. The third kappa shape index (κ3) is 3.85. The number of benzene rings is 1. The fraction of sp³-hybridized carbons (Fsp3) is 0.500. The zero-order chi connectivity index (χ0) is 19.9. The molecule has 142 valence electrons. The highest BCUT2D eigenvalue weighted by atomic mass is 32.2. The third-order valence-corrected chi connectivity index (χ3v) is 7.36. The number of rotatable bonds is 4. The highest BCUT2D eigenvalue weighted by Crippen LogP contribution is 2.53. The van der Waals surface area contributed by atoms with Crippen LogP contribution in [0, 0.1) is 33.5 Å². The van der Waals surface area contributed by atoms with Gasteiger partial charge in [-0.25, -0.2) is 8.42 Å². The van der Waals surface area contributed by atoms with E-state index in [2.05, 4.69) is 26.1 Å². The van der Waals surface area contributed by atoms with Crippen LogP contribution in [0.2, 0.25) is 0 Å². The van der Waals surface area contributed by atoms with Gasteiger partial charge < -0.3 is 5.32 Å². The maximum absolute atomic E-state index is 13.2. The Bertz CT molecular complexity index is 935. The minimum absolute atomic E-state index is 0.0385. The summed E-state index contributed by atoms with van der Waals surface area (Å²) in [7, 11) is -3.55. The van der Waals surface area contributed by atoms with E-state index in [0.717, 1.165) is 19.3 Å². The van der Waals surface area contributed by atoms with E-state index < -0.39 is 10.0 Å². The molecule has 1 aliphatic carbocycles. The fourth-order valence-electron chi connectivity index (χ4n) is 4.79. The topological polar surface area (TPSA) is 97.0 Å². The molecule has 2 aliphatic rings. The van der Waals surface area contributed by atoms with Gasteiger partial charge in [-0.05, 0) is 54.4 Å². The summed E-state index contributed by atoms with van der Waals surface area (Å²) in [6.07, 6.45) is 4.15. The molecule has 2 bridgehead atoms. The van der Waals surface area contributed by atoms with E-state index in [0.29, 0.717) is 12.2 Å². The first-order valence-corrected chi connectivity index (χ1v) is 10.4. The summed E-state index contributed by atoms with van der Waals surface area (Å²) < 4.78 is 28.1. The number of nitrogens with zero attached hydrogens (tertiary/aromatic N) is 3. The Morgan fingerprint density at radius 2 is 1.81 bits per heavy atom. The van der Waals surface area contributed by atoms with Gasteiger partial charge in [-0.15, -0.1) is 0 Å². The lowest BCUT2D eigenvalue weighted by Crippen LogP contribution is -2.37. The van der Waals surface area contributed by atoms with Crippen LogP contribution in [0.1, 0.15) is 40.0 Å². The molecule has 3 rings (SSSR count). The first-order valence-electron chi connectivity index (χ1n) is 8.97. The molecule has 0 radical (unpaired) electrons. The normalized spacial score (nSPS) is 26.6. The van der Waals surface area contributed by atoms with Crippen molar-refractivity contribution in [2.75, 3.05) is 11.9 Å². The van der Waals surface area contributed by atoms with Gasteiger partial charge in [0.2, 0.25) is 10.0 Å². The van der Waals surface area contributed by atoms with Crippen molar-refractivity contribution in [3.63, 3.8) is 0 Å². The minimum atomic E-state index is -3.55. The first-order chi connectivity index (χ1) is 12.6. The minimum Gasteiger partial charge on any atom is -0.360 e. The van der Waals surface area contributed by atoms with Crippen molar-refractivity contribution in [2.24, 2.45) is 10.8 Å². The van der Waals surface area contributed by atoms with Crippen LogP contribution in [0.5, 0.6) is 0 Å². The lowest BCUT2D eigenvalue weighted by Gasteiger charge is -2.39. The first kappa shape index (κ1) is 19.4. The van der Waals surface area contributed by atoms with Crippen LogP contribution in [0.15, 0.2) is 40.9 Å². The van der Waals surface area contributed by atoms with Crippen molar-refractivity contribution < 1.29 is 8.42 Å². The van der Waals surface area contributed by atoms with Crippen LogP contribution < -0.4 is 5.32 Å². The Morgan fingerprint density at radius 3 is 2.41 bits per heavy atom. The Morgan fingerprint density at radius 1 is 1.19 bits per heavy atom. The highest BCUT2D eigenvalue weighted by molar-refractivity contribution is 7.89.